The van der Waals surface area contributed by atoms with Crippen LogP contribution in [-0.4, -0.2) is 56.7 Å². The maximum absolute atomic E-state index is 13.0. The predicted molar refractivity (Wildman–Crippen MR) is 144 cm³/mol. The molecule has 0 aromatic heterocycles. The van der Waals surface area contributed by atoms with Gasteiger partial charge in [-0.05, 0) is 42.0 Å². The molecule has 0 bridgehead atoms. The number of ether oxygens (including phenoxy) is 2. The standard InChI is InChI=1S/C30H31N3O4/c1-36-30(35)28(22-8-3-2-4-9-22)33-19-17-32(18-20-33)24-15-13-23(14-16-24)31-29(34)26-11-6-5-10-25(26)27-12-7-21-37-27/h2-6,8-16,28H,7,17-21H2,1H3,(H,31,34). The Hall–Kier alpha value is -4.10. The minimum Gasteiger partial charge on any atom is -0.493 e. The molecule has 1 N–H and O–H groups in total. The van der Waals surface area contributed by atoms with E-state index in [-0.39, 0.29) is 11.9 Å². The molecule has 7 heteroatoms. The van der Waals surface area contributed by atoms with Crippen molar-refractivity contribution in [2.45, 2.75) is 12.5 Å². The average Bonchev–Trinajstić information content (AvgIpc) is 3.50. The highest BCUT2D eigenvalue weighted by molar-refractivity contribution is 6.07. The molecule has 1 fully saturated rings. The van der Waals surface area contributed by atoms with Crippen LogP contribution in [0.3, 0.4) is 0 Å². The first-order chi connectivity index (χ1) is 18.1. The Morgan fingerprint density at radius 1 is 0.892 bits per heavy atom. The molecule has 2 aliphatic heterocycles. The molecular formula is C30H31N3O4. The summed E-state index contributed by atoms with van der Waals surface area (Å²) >= 11 is 0. The van der Waals surface area contributed by atoms with E-state index >= 15 is 0 Å². The quantitative estimate of drug-likeness (QED) is 0.476. The molecule has 0 radical (unpaired) electrons. The monoisotopic (exact) mass is 497 g/mol. The summed E-state index contributed by atoms with van der Waals surface area (Å²) < 4.78 is 10.8. The molecule has 190 valence electrons. The minimum absolute atomic E-state index is 0.164. The van der Waals surface area contributed by atoms with Gasteiger partial charge in [0.15, 0.2) is 0 Å². The van der Waals surface area contributed by atoms with Crippen molar-refractivity contribution in [2.24, 2.45) is 0 Å². The van der Waals surface area contributed by atoms with Gasteiger partial charge in [0, 0.05) is 49.5 Å². The van der Waals surface area contributed by atoms with E-state index in [2.05, 4.69) is 15.1 Å². The molecule has 1 unspecified atom stereocenters. The highest BCUT2D eigenvalue weighted by atomic mass is 16.5. The van der Waals surface area contributed by atoms with Crippen molar-refractivity contribution < 1.29 is 19.1 Å². The number of anilines is 2. The predicted octanol–water partition coefficient (Wildman–Crippen LogP) is 4.74. The fourth-order valence-electron chi connectivity index (χ4n) is 4.94. The molecular weight excluding hydrogens is 466 g/mol. The number of nitrogens with zero attached hydrogens (tertiary/aromatic N) is 2. The first-order valence-electron chi connectivity index (χ1n) is 12.6. The van der Waals surface area contributed by atoms with E-state index in [0.717, 1.165) is 60.9 Å². The van der Waals surface area contributed by atoms with Crippen molar-refractivity contribution in [1.82, 2.24) is 4.90 Å². The molecule has 0 saturated carbocycles. The summed E-state index contributed by atoms with van der Waals surface area (Å²) in [5, 5.41) is 3.01. The molecule has 3 aromatic rings. The summed E-state index contributed by atoms with van der Waals surface area (Å²) in [4.78, 5) is 30.1. The molecule has 1 saturated heterocycles. The normalized spacial score (nSPS) is 16.5. The topological polar surface area (TPSA) is 71.1 Å². The van der Waals surface area contributed by atoms with Gasteiger partial charge in [0.25, 0.3) is 5.91 Å². The number of piperazine rings is 1. The highest BCUT2D eigenvalue weighted by Gasteiger charge is 2.31. The van der Waals surface area contributed by atoms with E-state index in [9.17, 15) is 9.59 Å². The summed E-state index contributed by atoms with van der Waals surface area (Å²) in [6, 6.07) is 24.8. The van der Waals surface area contributed by atoms with Crippen LogP contribution in [0.5, 0.6) is 0 Å². The molecule has 2 aliphatic rings. The van der Waals surface area contributed by atoms with Crippen LogP contribution in [0.25, 0.3) is 5.76 Å². The average molecular weight is 498 g/mol. The van der Waals surface area contributed by atoms with Crippen LogP contribution in [-0.2, 0) is 14.3 Å². The van der Waals surface area contributed by atoms with Crippen LogP contribution in [0.2, 0.25) is 0 Å². The number of nitrogens with one attached hydrogen (secondary N) is 1. The van der Waals surface area contributed by atoms with Gasteiger partial charge in [-0.3, -0.25) is 9.69 Å². The lowest BCUT2D eigenvalue weighted by molar-refractivity contribution is -0.147. The molecule has 37 heavy (non-hydrogen) atoms. The minimum atomic E-state index is -0.404. The zero-order valence-electron chi connectivity index (χ0n) is 20.9. The Kier molecular flexibility index (Phi) is 7.51. The smallest absolute Gasteiger partial charge is 0.327 e. The van der Waals surface area contributed by atoms with Crippen LogP contribution in [0.4, 0.5) is 11.4 Å². The Morgan fingerprint density at radius 3 is 2.27 bits per heavy atom. The molecule has 0 aliphatic carbocycles. The summed E-state index contributed by atoms with van der Waals surface area (Å²) in [5.74, 6) is 0.363. The molecule has 1 atom stereocenters. The van der Waals surface area contributed by atoms with Crippen molar-refractivity contribution in [3.05, 3.63) is 102 Å². The lowest BCUT2D eigenvalue weighted by Gasteiger charge is -2.39. The summed E-state index contributed by atoms with van der Waals surface area (Å²) in [5.41, 5.74) is 4.16. The second kappa shape index (κ2) is 11.3. The van der Waals surface area contributed by atoms with E-state index in [4.69, 9.17) is 9.47 Å². The lowest BCUT2D eigenvalue weighted by Crippen LogP contribution is -2.49. The van der Waals surface area contributed by atoms with Crippen LogP contribution < -0.4 is 10.2 Å². The highest BCUT2D eigenvalue weighted by Crippen LogP contribution is 2.28. The first-order valence-corrected chi connectivity index (χ1v) is 12.6. The fraction of sp³-hybridized carbons (Fsp3) is 0.267. The maximum atomic E-state index is 13.0. The van der Waals surface area contributed by atoms with Crippen molar-refractivity contribution in [1.29, 1.82) is 0 Å². The Balaban J connectivity index is 1.22. The second-order valence-corrected chi connectivity index (χ2v) is 9.11. The molecule has 1 amide bonds. The number of carbonyl (C=O) groups excluding carboxylic acids is 2. The van der Waals surface area contributed by atoms with E-state index in [1.807, 2.05) is 84.9 Å². The number of amides is 1. The zero-order chi connectivity index (χ0) is 25.6. The van der Waals surface area contributed by atoms with Gasteiger partial charge < -0.3 is 19.7 Å². The Morgan fingerprint density at radius 2 is 1.59 bits per heavy atom. The van der Waals surface area contributed by atoms with E-state index in [1.165, 1.54) is 7.11 Å². The number of carbonyl (C=O) groups is 2. The third-order valence-corrected chi connectivity index (χ3v) is 6.85. The van der Waals surface area contributed by atoms with Crippen molar-refractivity contribution in [2.75, 3.05) is 50.1 Å². The number of rotatable bonds is 7. The van der Waals surface area contributed by atoms with Gasteiger partial charge in [0.1, 0.15) is 11.8 Å². The molecule has 0 spiro atoms. The van der Waals surface area contributed by atoms with Gasteiger partial charge >= 0.3 is 5.97 Å². The summed E-state index contributed by atoms with van der Waals surface area (Å²) in [6.07, 6.45) is 2.88. The van der Waals surface area contributed by atoms with E-state index in [0.29, 0.717) is 12.2 Å². The van der Waals surface area contributed by atoms with Gasteiger partial charge in [-0.1, -0.05) is 48.5 Å². The molecule has 7 nitrogen and oxygen atoms in total. The summed E-state index contributed by atoms with van der Waals surface area (Å²) in [7, 11) is 1.44. The van der Waals surface area contributed by atoms with Crippen LogP contribution in [0.15, 0.2) is 84.9 Å². The van der Waals surface area contributed by atoms with Gasteiger partial charge in [-0.15, -0.1) is 0 Å². The van der Waals surface area contributed by atoms with Crippen LogP contribution in [0, 0.1) is 0 Å². The largest absolute Gasteiger partial charge is 0.493 e. The Bertz CT molecular complexity index is 1270. The van der Waals surface area contributed by atoms with Crippen molar-refractivity contribution in [3.63, 3.8) is 0 Å². The number of hydrogen-bond donors (Lipinski definition) is 1. The molecule has 2 heterocycles. The van der Waals surface area contributed by atoms with Crippen molar-refractivity contribution >= 4 is 29.0 Å². The molecule has 3 aromatic carbocycles. The molecule has 5 rings (SSSR count). The number of benzene rings is 3. The summed E-state index contributed by atoms with van der Waals surface area (Å²) in [6.45, 7) is 3.70. The van der Waals surface area contributed by atoms with Crippen LogP contribution >= 0.6 is 0 Å². The fourth-order valence-corrected chi connectivity index (χ4v) is 4.94. The number of methoxy groups -OCH3 is 1. The van der Waals surface area contributed by atoms with Crippen molar-refractivity contribution in [3.8, 4) is 0 Å². The maximum Gasteiger partial charge on any atom is 0.327 e. The van der Waals surface area contributed by atoms with E-state index in [1.54, 1.807) is 0 Å². The zero-order valence-corrected chi connectivity index (χ0v) is 20.9. The Labute approximate surface area is 217 Å². The number of hydrogen-bond acceptors (Lipinski definition) is 6. The third-order valence-electron chi connectivity index (χ3n) is 6.85. The first kappa shape index (κ1) is 24.6. The SMILES string of the molecule is COC(=O)C(c1ccccc1)N1CCN(c2ccc(NC(=O)c3ccccc3C3=CCCO3)cc2)CC1. The van der Waals surface area contributed by atoms with E-state index < -0.39 is 6.04 Å². The number of esters is 1. The van der Waals surface area contributed by atoms with Gasteiger partial charge in [0.05, 0.1) is 19.3 Å². The van der Waals surface area contributed by atoms with Crippen LogP contribution in [0.1, 0.15) is 33.9 Å². The van der Waals surface area contributed by atoms with Gasteiger partial charge in [0.2, 0.25) is 0 Å². The van der Waals surface area contributed by atoms with Gasteiger partial charge in [-0.2, -0.15) is 0 Å². The van der Waals surface area contributed by atoms with Gasteiger partial charge in [-0.25, -0.2) is 4.79 Å². The second-order valence-electron chi connectivity index (χ2n) is 9.11. The third kappa shape index (κ3) is 5.52. The lowest BCUT2D eigenvalue weighted by atomic mass is 10.0.